The molecule has 42 heavy (non-hydrogen) atoms. The van der Waals surface area contributed by atoms with E-state index in [0.29, 0.717) is 36.3 Å². The number of hydrogen-bond acceptors (Lipinski definition) is 6. The molecule has 1 fully saturated rings. The average Bonchev–Trinajstić information content (AvgIpc) is 2.97. The second-order valence-corrected chi connectivity index (χ2v) is 33.7. The molecule has 0 aromatic carbocycles. The molecule has 1 aliphatic rings. The fraction of sp³-hybridized carbons (Fsp3) is 0.600. The van der Waals surface area contributed by atoms with Crippen molar-refractivity contribution < 1.29 is 24.7 Å². The van der Waals surface area contributed by atoms with Gasteiger partial charge in [-0.1, -0.05) is 78.0 Å². The Labute approximate surface area is 265 Å². The lowest BCUT2D eigenvalue weighted by atomic mass is 10.8. The predicted molar refractivity (Wildman–Crippen MR) is 194 cm³/mol. The molecule has 0 N–H and O–H groups in total. The molecule has 0 amide bonds. The molecule has 0 aromatic rings. The van der Waals surface area contributed by atoms with Crippen LogP contribution in [0.15, 0.2) is 75.9 Å². The van der Waals surface area contributed by atoms with Gasteiger partial charge in [0.05, 0.1) is 0 Å². The van der Waals surface area contributed by atoms with Crippen LogP contribution in [-0.4, -0.2) is 51.4 Å². The van der Waals surface area contributed by atoms with Crippen LogP contribution in [0.2, 0.25) is 72.5 Å². The van der Waals surface area contributed by atoms with Gasteiger partial charge < -0.3 is 24.7 Å². The monoisotopic (exact) mass is 684 g/mol. The van der Waals surface area contributed by atoms with Crippen LogP contribution in [0.4, 0.5) is 0 Å². The van der Waals surface area contributed by atoms with Crippen molar-refractivity contribution in [3.05, 3.63) is 75.9 Å². The van der Waals surface area contributed by atoms with E-state index in [-0.39, 0.29) is 0 Å². The molecule has 0 atom stereocenters. The van der Waals surface area contributed by atoms with Gasteiger partial charge in [-0.3, -0.25) is 0 Å². The van der Waals surface area contributed by atoms with E-state index in [9.17, 15) is 0 Å². The maximum atomic E-state index is 7.49. The summed E-state index contributed by atoms with van der Waals surface area (Å²) in [4.78, 5) is 0. The minimum atomic E-state index is -2.94. The topological polar surface area (TPSA) is 55.4 Å². The van der Waals surface area contributed by atoms with Gasteiger partial charge in [0.25, 0.3) is 0 Å². The summed E-state index contributed by atoms with van der Waals surface area (Å²) in [5.41, 5.74) is 0. The first kappa shape index (κ1) is 39.5. The van der Waals surface area contributed by atoms with Gasteiger partial charge >= 0.3 is 51.4 Å². The van der Waals surface area contributed by atoms with Crippen molar-refractivity contribution in [3.63, 3.8) is 0 Å². The van der Waals surface area contributed by atoms with Crippen LogP contribution >= 0.6 is 0 Å². The van der Waals surface area contributed by atoms with Gasteiger partial charge in [0.15, 0.2) is 0 Å². The standard InChI is InChI=1S/C30H60O6Si6/c1-13-25-37(19-7)31-38(20-8,26-14-2)33-40(22-10,28-16-4)35-42(24-12,30-18-6)36-41(23-11,29-17-5)34-39(21-9,32-37)27-15-3/h13-18H,1-6,19-30H2,7-12H3. The summed E-state index contributed by atoms with van der Waals surface area (Å²) in [6, 6.07) is 8.36. The van der Waals surface area contributed by atoms with Crippen LogP contribution in [0.1, 0.15) is 41.5 Å². The summed E-state index contributed by atoms with van der Waals surface area (Å²) < 4.78 is 44.9. The first-order chi connectivity index (χ1) is 20.0. The summed E-state index contributed by atoms with van der Waals surface area (Å²) >= 11 is 0. The fourth-order valence-electron chi connectivity index (χ4n) is 5.71. The van der Waals surface area contributed by atoms with Crippen LogP contribution in [-0.2, 0) is 24.7 Å². The zero-order chi connectivity index (χ0) is 32.0. The normalized spacial score (nSPS) is 36.1. The number of rotatable bonds is 18. The van der Waals surface area contributed by atoms with Crippen LogP contribution in [0.25, 0.3) is 0 Å². The van der Waals surface area contributed by atoms with Gasteiger partial charge in [-0.15, -0.1) is 39.5 Å². The number of hydrogen-bond donors (Lipinski definition) is 0. The minimum Gasteiger partial charge on any atom is -0.415 e. The van der Waals surface area contributed by atoms with Gasteiger partial charge in [-0.2, -0.15) is 0 Å². The van der Waals surface area contributed by atoms with E-state index in [2.05, 4.69) is 81.0 Å². The Morgan fingerprint density at radius 2 is 0.429 bits per heavy atom. The van der Waals surface area contributed by atoms with Crippen molar-refractivity contribution in [1.82, 2.24) is 0 Å². The first-order valence-electron chi connectivity index (χ1n) is 15.8. The van der Waals surface area contributed by atoms with Gasteiger partial charge in [0, 0.05) is 36.3 Å². The smallest absolute Gasteiger partial charge is 0.324 e. The van der Waals surface area contributed by atoms with Gasteiger partial charge in [0.2, 0.25) is 0 Å². The Hall–Kier alpha value is -0.499. The third kappa shape index (κ3) is 9.75. The highest BCUT2D eigenvalue weighted by Gasteiger charge is 2.60. The average molecular weight is 685 g/mol. The lowest BCUT2D eigenvalue weighted by Gasteiger charge is -2.52. The van der Waals surface area contributed by atoms with E-state index in [1.54, 1.807) is 0 Å². The molecule has 0 spiro atoms. The van der Waals surface area contributed by atoms with Crippen LogP contribution < -0.4 is 0 Å². The highest BCUT2D eigenvalue weighted by Crippen LogP contribution is 2.43. The van der Waals surface area contributed by atoms with Crippen LogP contribution in [0.3, 0.4) is 0 Å². The molecule has 1 saturated heterocycles. The lowest BCUT2D eigenvalue weighted by molar-refractivity contribution is 0.217. The number of allylic oxidation sites excluding steroid dienone is 6. The summed E-state index contributed by atoms with van der Waals surface area (Å²) in [7, 11) is -17.6. The van der Waals surface area contributed by atoms with Crippen molar-refractivity contribution in [2.75, 3.05) is 0 Å². The van der Waals surface area contributed by atoms with E-state index in [1.165, 1.54) is 0 Å². The zero-order valence-electron chi connectivity index (χ0n) is 27.6. The highest BCUT2D eigenvalue weighted by molar-refractivity contribution is 6.96. The Morgan fingerprint density at radius 1 is 0.310 bits per heavy atom. The fourth-order valence-corrected chi connectivity index (χ4v) is 40.5. The molecule has 1 aliphatic heterocycles. The van der Waals surface area contributed by atoms with Crippen molar-refractivity contribution >= 4 is 51.4 Å². The van der Waals surface area contributed by atoms with Gasteiger partial charge in [-0.05, 0) is 36.3 Å². The van der Waals surface area contributed by atoms with E-state index in [1.807, 2.05) is 36.5 Å². The molecule has 6 nitrogen and oxygen atoms in total. The van der Waals surface area contributed by atoms with E-state index < -0.39 is 51.4 Å². The van der Waals surface area contributed by atoms with E-state index >= 15 is 0 Å². The lowest BCUT2D eigenvalue weighted by Crippen LogP contribution is -2.69. The summed E-state index contributed by atoms with van der Waals surface area (Å²) in [5, 5.41) is 0. The Kier molecular flexibility index (Phi) is 16.8. The molecule has 240 valence electrons. The third-order valence-electron chi connectivity index (χ3n) is 8.20. The Bertz CT molecular complexity index is 715. The largest absolute Gasteiger partial charge is 0.415 e. The molecule has 0 aromatic heterocycles. The van der Waals surface area contributed by atoms with Crippen LogP contribution in [0.5, 0.6) is 0 Å². The van der Waals surface area contributed by atoms with Crippen molar-refractivity contribution in [2.24, 2.45) is 0 Å². The summed E-state index contributed by atoms with van der Waals surface area (Å²) in [6.45, 7) is 37.8. The van der Waals surface area contributed by atoms with Crippen molar-refractivity contribution in [3.8, 4) is 0 Å². The second-order valence-electron chi connectivity index (χ2n) is 11.2. The molecule has 1 rings (SSSR count). The molecule has 0 bridgehead atoms. The third-order valence-corrected chi connectivity index (χ3v) is 38.0. The minimum absolute atomic E-state index is 0.643. The summed E-state index contributed by atoms with van der Waals surface area (Å²) in [5.74, 6) is 0. The SMILES string of the molecule is C=CC[Si]1(CC)O[Si](CC)(CC=C)O[Si](CC)(CC=C)O[Si](CC)(CC=C)O[Si](CC)(CC=C)O[Si](CC)(CC=C)O1. The molecular weight excluding hydrogens is 625 g/mol. The van der Waals surface area contributed by atoms with E-state index in [4.69, 9.17) is 24.7 Å². The molecule has 0 radical (unpaired) electrons. The van der Waals surface area contributed by atoms with Gasteiger partial charge in [-0.25, -0.2) is 0 Å². The maximum Gasteiger partial charge on any atom is 0.324 e. The highest BCUT2D eigenvalue weighted by atomic mass is 28.5. The first-order valence-corrected chi connectivity index (χ1v) is 29.2. The molecule has 0 saturated carbocycles. The Balaban J connectivity index is 4.28. The zero-order valence-corrected chi connectivity index (χ0v) is 33.6. The summed E-state index contributed by atoms with van der Waals surface area (Å²) in [6.07, 6.45) is 11.7. The Morgan fingerprint density at radius 3 is 0.500 bits per heavy atom. The molecule has 0 aliphatic carbocycles. The molecule has 12 heteroatoms. The predicted octanol–water partition coefficient (Wildman–Crippen LogP) is 9.99. The maximum absolute atomic E-state index is 7.49. The van der Waals surface area contributed by atoms with Crippen molar-refractivity contribution in [1.29, 1.82) is 0 Å². The molecular formula is C30H60O6Si6. The van der Waals surface area contributed by atoms with E-state index in [0.717, 1.165) is 36.3 Å². The van der Waals surface area contributed by atoms with Gasteiger partial charge in [0.1, 0.15) is 0 Å². The molecule has 1 heterocycles. The molecule has 0 unspecified atom stereocenters. The second kappa shape index (κ2) is 17.9. The van der Waals surface area contributed by atoms with Crippen molar-refractivity contribution in [2.45, 2.75) is 114 Å². The quantitative estimate of drug-likeness (QED) is 0.106. The van der Waals surface area contributed by atoms with Crippen LogP contribution in [0, 0.1) is 0 Å².